The Morgan fingerprint density at radius 2 is 1.50 bits per heavy atom. The fraction of sp³-hybridized carbons (Fsp3) is 0.727. The van der Waals surface area contributed by atoms with Crippen molar-refractivity contribution >= 4 is 50.3 Å². The molecule has 1 aliphatic heterocycles. The molecule has 0 radical (unpaired) electrons. The number of hydrogen-bond acceptors (Lipinski definition) is 5. The first kappa shape index (κ1) is 34.4. The molecule has 1 saturated carbocycles. The van der Waals surface area contributed by atoms with E-state index in [1.165, 1.54) is 10.0 Å². The molecule has 5 nitrogen and oxygen atoms in total. The van der Waals surface area contributed by atoms with E-state index in [0.717, 1.165) is 18.4 Å². The number of carbonyl (C=O) groups excluding carboxylic acids is 1. The summed E-state index contributed by atoms with van der Waals surface area (Å²) in [6.45, 7) is 31.9. The van der Waals surface area contributed by atoms with Gasteiger partial charge < -0.3 is 0 Å². The Morgan fingerprint density at radius 1 is 0.929 bits per heavy atom. The van der Waals surface area contributed by atoms with Gasteiger partial charge in [0.05, 0.1) is 0 Å². The van der Waals surface area contributed by atoms with Crippen LogP contribution in [0.5, 0.6) is 0 Å². The number of rotatable bonds is 8. The molecule has 4 rings (SSSR count). The molecule has 1 heterocycles. The van der Waals surface area contributed by atoms with Crippen LogP contribution in [0.25, 0.3) is 0 Å². The third-order valence-corrected chi connectivity index (χ3v) is 19.4. The van der Waals surface area contributed by atoms with Gasteiger partial charge in [-0.2, -0.15) is 0 Å². The minimum absolute atomic E-state index is 0.0541. The van der Waals surface area contributed by atoms with Gasteiger partial charge in [0, 0.05) is 0 Å². The van der Waals surface area contributed by atoms with Gasteiger partial charge in [-0.25, -0.2) is 0 Å². The van der Waals surface area contributed by atoms with Crippen molar-refractivity contribution in [2.45, 2.75) is 146 Å². The first-order valence-electron chi connectivity index (χ1n) is 15.7. The SMILES string of the molecule is CC1=C2[C@H]3OC(=O)[C@](C)([Se]c4ccccc4)[C@@H]3CC[C@](C)(O[Si](C)(C)C)[C@@]2(O[Si](C)(C)C)C[C@@H]1O[Si](C)(C)C(C)(C)C. The summed E-state index contributed by atoms with van der Waals surface area (Å²) in [5, 5.41) is 0.0760. The van der Waals surface area contributed by atoms with Crippen molar-refractivity contribution in [2.75, 3.05) is 0 Å². The average Bonchev–Trinajstić information content (AvgIpc) is 3.16. The molecule has 6 atom stereocenters. The van der Waals surface area contributed by atoms with Crippen LogP contribution in [-0.4, -0.2) is 69.3 Å². The van der Waals surface area contributed by atoms with Gasteiger partial charge >= 0.3 is 266 Å². The van der Waals surface area contributed by atoms with Gasteiger partial charge in [-0.3, -0.25) is 0 Å². The number of hydrogen-bond donors (Lipinski definition) is 0. The van der Waals surface area contributed by atoms with E-state index in [0.29, 0.717) is 6.42 Å². The van der Waals surface area contributed by atoms with Gasteiger partial charge in [0.15, 0.2) is 0 Å². The summed E-state index contributed by atoms with van der Waals surface area (Å²) in [6.07, 6.45) is 1.98. The van der Waals surface area contributed by atoms with E-state index in [-0.39, 0.29) is 44.1 Å². The Labute approximate surface area is 265 Å². The van der Waals surface area contributed by atoms with Gasteiger partial charge in [0.2, 0.25) is 0 Å². The van der Waals surface area contributed by atoms with E-state index in [4.69, 9.17) is 18.0 Å². The monoisotopic (exact) mass is 696 g/mol. The summed E-state index contributed by atoms with van der Waals surface area (Å²) in [6, 6.07) is 10.5. The van der Waals surface area contributed by atoms with Crippen molar-refractivity contribution in [1.29, 1.82) is 0 Å². The Balaban J connectivity index is 1.93. The van der Waals surface area contributed by atoms with Gasteiger partial charge in [-0.15, -0.1) is 0 Å². The van der Waals surface area contributed by atoms with Crippen LogP contribution in [0, 0.1) is 5.92 Å². The molecule has 3 aliphatic rings. The Morgan fingerprint density at radius 3 is 2.02 bits per heavy atom. The molecule has 42 heavy (non-hydrogen) atoms. The van der Waals surface area contributed by atoms with Gasteiger partial charge in [0.1, 0.15) is 0 Å². The summed E-state index contributed by atoms with van der Waals surface area (Å²) >= 11 is -0.0719. The molecule has 2 aliphatic carbocycles. The zero-order valence-corrected chi connectivity index (χ0v) is 33.4. The maximum absolute atomic E-state index is 14.0. The number of fused-ring (bicyclic) bond motifs is 3. The Hall–Kier alpha value is -0.520. The minimum atomic E-state index is -2.12. The molecule has 9 heteroatoms. The first-order valence-corrected chi connectivity index (χ1v) is 27.1. The molecule has 1 aromatic carbocycles. The van der Waals surface area contributed by atoms with Crippen molar-refractivity contribution in [1.82, 2.24) is 0 Å². The molecule has 0 aromatic heterocycles. The van der Waals surface area contributed by atoms with Crippen LogP contribution in [0.15, 0.2) is 41.5 Å². The normalized spacial score (nSPS) is 34.2. The molecule has 1 saturated heterocycles. The van der Waals surface area contributed by atoms with Crippen LogP contribution in [0.3, 0.4) is 0 Å². The summed E-state index contributed by atoms with van der Waals surface area (Å²) in [4.78, 5) is 14.0. The van der Waals surface area contributed by atoms with Crippen LogP contribution in [0.2, 0.25) is 61.7 Å². The van der Waals surface area contributed by atoms with Crippen LogP contribution in [0.4, 0.5) is 0 Å². The quantitative estimate of drug-likeness (QED) is 0.158. The maximum atomic E-state index is 14.0. The number of carbonyl (C=O) groups is 1. The molecule has 236 valence electrons. The van der Waals surface area contributed by atoms with E-state index in [1.807, 2.05) is 6.07 Å². The number of esters is 1. The molecule has 0 unspecified atom stereocenters. The van der Waals surface area contributed by atoms with Crippen LogP contribution in [-0.2, 0) is 22.8 Å². The van der Waals surface area contributed by atoms with Crippen LogP contribution < -0.4 is 4.46 Å². The van der Waals surface area contributed by atoms with Crippen LogP contribution in [0.1, 0.15) is 60.8 Å². The predicted octanol–water partition coefficient (Wildman–Crippen LogP) is 7.84. The van der Waals surface area contributed by atoms with Gasteiger partial charge in [-0.1, -0.05) is 0 Å². The number of ether oxygens (including phenoxy) is 1. The third kappa shape index (κ3) is 6.28. The van der Waals surface area contributed by atoms with Crippen molar-refractivity contribution in [3.8, 4) is 0 Å². The van der Waals surface area contributed by atoms with Gasteiger partial charge in [-0.05, 0) is 0 Å². The molecular formula is C33H56O5SeSi3. The van der Waals surface area contributed by atoms with E-state index >= 15 is 0 Å². The second-order valence-corrected chi connectivity index (χ2v) is 33.5. The molecule has 1 aromatic rings. The zero-order chi connectivity index (χ0) is 31.7. The molecule has 0 bridgehead atoms. The summed E-state index contributed by atoms with van der Waals surface area (Å²) < 4.78 is 29.3. The Bertz CT molecular complexity index is 1210. The summed E-state index contributed by atoms with van der Waals surface area (Å²) in [5.41, 5.74) is 1.08. The van der Waals surface area contributed by atoms with Crippen LogP contribution >= 0.6 is 0 Å². The molecule has 0 N–H and O–H groups in total. The molecule has 0 amide bonds. The molecule has 0 spiro atoms. The fourth-order valence-corrected chi connectivity index (χ4v) is 14.2. The van der Waals surface area contributed by atoms with E-state index in [9.17, 15) is 4.79 Å². The number of benzene rings is 1. The standard InChI is InChI=1S/C33H56O5SeSi3/c1-23-26(36-42(13,14)30(2,3)4)22-33(38-41(10,11)12)27(23)28-25(20-21-31(33,5)37-40(7,8)9)32(6,29(34)35-28)39-24-18-16-15-17-19-24/h15-19,25-26,28H,20-22H2,1-14H3/t25-,26+,28+,31+,32-,33-/m1/s1. The average molecular weight is 696 g/mol. The third-order valence-electron chi connectivity index (χ3n) is 9.93. The first-order chi connectivity index (χ1) is 18.9. The predicted molar refractivity (Wildman–Crippen MR) is 182 cm³/mol. The second-order valence-electron chi connectivity index (χ2n) is 16.6. The van der Waals surface area contributed by atoms with Crippen molar-refractivity contribution in [2.24, 2.45) is 5.92 Å². The van der Waals surface area contributed by atoms with Gasteiger partial charge in [0.25, 0.3) is 0 Å². The molecular weight excluding hydrogens is 640 g/mol. The summed E-state index contributed by atoms with van der Waals surface area (Å²) in [5.74, 6) is -0.00881. The molecule has 2 fully saturated rings. The Kier molecular flexibility index (Phi) is 9.06. The van der Waals surface area contributed by atoms with E-state index < -0.39 is 40.5 Å². The topological polar surface area (TPSA) is 54.0 Å². The fourth-order valence-electron chi connectivity index (χ4n) is 7.10. The van der Waals surface area contributed by atoms with E-state index in [1.54, 1.807) is 0 Å². The van der Waals surface area contributed by atoms with Crippen molar-refractivity contribution < 1.29 is 22.8 Å². The zero-order valence-electron chi connectivity index (χ0n) is 28.7. The summed E-state index contributed by atoms with van der Waals surface area (Å²) in [7, 11) is -6.24. The van der Waals surface area contributed by atoms with E-state index in [2.05, 4.69) is 118 Å². The second kappa shape index (κ2) is 11.1. The van der Waals surface area contributed by atoms with Crippen molar-refractivity contribution in [3.63, 3.8) is 0 Å². The van der Waals surface area contributed by atoms with Crippen molar-refractivity contribution in [3.05, 3.63) is 41.5 Å².